The molecule has 0 bridgehead atoms. The second kappa shape index (κ2) is 4.43. The molecule has 1 aliphatic rings. The highest BCUT2D eigenvalue weighted by atomic mass is 32.1. The highest BCUT2D eigenvalue weighted by Gasteiger charge is 2.34. The Labute approximate surface area is 124 Å². The highest BCUT2D eigenvalue weighted by molar-refractivity contribution is 7.14. The molecule has 4 heteroatoms. The first-order valence-corrected chi connectivity index (χ1v) is 8.01. The summed E-state index contributed by atoms with van der Waals surface area (Å²) < 4.78 is 2.32. The molecule has 0 saturated heterocycles. The summed E-state index contributed by atoms with van der Waals surface area (Å²) in [4.78, 5) is 6.03. The zero-order chi connectivity index (χ0) is 14.7. The summed E-state index contributed by atoms with van der Waals surface area (Å²) in [7, 11) is 0. The SMILES string of the molecule is Cc1nc(-n2c(C)cc3c2CC(C)(C)CC3N)sc1C. The fourth-order valence-corrected chi connectivity index (χ4v) is 4.26. The maximum absolute atomic E-state index is 6.39. The average Bonchev–Trinajstić information content (AvgIpc) is 2.78. The third-order valence-electron chi connectivity index (χ3n) is 4.35. The summed E-state index contributed by atoms with van der Waals surface area (Å²) in [6.45, 7) is 11.0. The van der Waals surface area contributed by atoms with Gasteiger partial charge in [0.1, 0.15) is 0 Å². The number of hydrogen-bond donors (Lipinski definition) is 1. The Kier molecular flexibility index (Phi) is 3.07. The number of fused-ring (bicyclic) bond motifs is 1. The third kappa shape index (κ3) is 2.11. The van der Waals surface area contributed by atoms with E-state index in [1.807, 2.05) is 0 Å². The van der Waals surface area contributed by atoms with Crippen LogP contribution in [0.3, 0.4) is 0 Å². The van der Waals surface area contributed by atoms with Crippen molar-refractivity contribution in [1.29, 1.82) is 0 Å². The largest absolute Gasteiger partial charge is 0.324 e. The van der Waals surface area contributed by atoms with Crippen LogP contribution in [-0.4, -0.2) is 9.55 Å². The van der Waals surface area contributed by atoms with E-state index >= 15 is 0 Å². The van der Waals surface area contributed by atoms with Gasteiger partial charge in [0.15, 0.2) is 5.13 Å². The molecule has 0 fully saturated rings. The smallest absolute Gasteiger partial charge is 0.194 e. The third-order valence-corrected chi connectivity index (χ3v) is 5.40. The molecular formula is C16H23N3S. The van der Waals surface area contributed by atoms with E-state index in [1.165, 1.54) is 21.8 Å². The number of nitrogens with zero attached hydrogens (tertiary/aromatic N) is 2. The first-order chi connectivity index (χ1) is 9.28. The topological polar surface area (TPSA) is 43.8 Å². The minimum Gasteiger partial charge on any atom is -0.324 e. The van der Waals surface area contributed by atoms with Crippen LogP contribution in [0.25, 0.3) is 5.13 Å². The normalized spacial score (nSPS) is 21.0. The fourth-order valence-electron chi connectivity index (χ4n) is 3.27. The molecule has 2 aromatic rings. The van der Waals surface area contributed by atoms with E-state index in [9.17, 15) is 0 Å². The maximum atomic E-state index is 6.39. The maximum Gasteiger partial charge on any atom is 0.194 e. The average molecular weight is 289 g/mol. The van der Waals surface area contributed by atoms with Crippen molar-refractivity contribution in [1.82, 2.24) is 9.55 Å². The molecule has 0 aromatic carbocycles. The lowest BCUT2D eigenvalue weighted by Gasteiger charge is -2.34. The molecule has 2 N–H and O–H groups in total. The highest BCUT2D eigenvalue weighted by Crippen LogP contribution is 2.42. The Morgan fingerprint density at radius 2 is 2.05 bits per heavy atom. The van der Waals surface area contributed by atoms with Crippen molar-refractivity contribution in [2.75, 3.05) is 0 Å². The predicted octanol–water partition coefficient (Wildman–Crippen LogP) is 3.83. The number of hydrogen-bond acceptors (Lipinski definition) is 3. The van der Waals surface area contributed by atoms with E-state index in [4.69, 9.17) is 10.7 Å². The number of rotatable bonds is 1. The van der Waals surface area contributed by atoms with E-state index < -0.39 is 0 Å². The van der Waals surface area contributed by atoms with Crippen LogP contribution in [-0.2, 0) is 6.42 Å². The molecule has 0 aliphatic heterocycles. The van der Waals surface area contributed by atoms with Gasteiger partial charge in [-0.25, -0.2) is 4.98 Å². The van der Waals surface area contributed by atoms with E-state index in [1.54, 1.807) is 11.3 Å². The van der Waals surface area contributed by atoms with Crippen molar-refractivity contribution in [3.63, 3.8) is 0 Å². The van der Waals surface area contributed by atoms with Crippen LogP contribution < -0.4 is 5.73 Å². The Morgan fingerprint density at radius 1 is 1.35 bits per heavy atom. The van der Waals surface area contributed by atoms with Crippen LogP contribution in [0.2, 0.25) is 0 Å². The van der Waals surface area contributed by atoms with Crippen molar-refractivity contribution in [2.24, 2.45) is 11.1 Å². The van der Waals surface area contributed by atoms with E-state index in [-0.39, 0.29) is 11.5 Å². The molecule has 1 aliphatic carbocycles. The van der Waals surface area contributed by atoms with Crippen LogP contribution >= 0.6 is 11.3 Å². The molecule has 108 valence electrons. The second-order valence-electron chi connectivity index (χ2n) is 6.81. The zero-order valence-electron chi connectivity index (χ0n) is 12.9. The standard InChI is InChI=1S/C16H23N3S/c1-9-6-12-13(17)7-16(4,5)8-14(12)19(9)15-18-10(2)11(3)20-15/h6,13H,7-8,17H2,1-5H3. The quantitative estimate of drug-likeness (QED) is 0.867. The molecular weight excluding hydrogens is 266 g/mol. The molecule has 20 heavy (non-hydrogen) atoms. The summed E-state index contributed by atoms with van der Waals surface area (Å²) in [5, 5.41) is 1.09. The zero-order valence-corrected chi connectivity index (χ0v) is 13.8. The lowest BCUT2D eigenvalue weighted by atomic mass is 9.74. The van der Waals surface area contributed by atoms with Gasteiger partial charge in [0.25, 0.3) is 0 Å². The lowest BCUT2D eigenvalue weighted by molar-refractivity contribution is 0.278. The fraction of sp³-hybridized carbons (Fsp3) is 0.562. The van der Waals surface area contributed by atoms with Crippen molar-refractivity contribution in [3.8, 4) is 5.13 Å². The molecule has 2 aromatic heterocycles. The first-order valence-electron chi connectivity index (χ1n) is 7.19. The number of aryl methyl sites for hydroxylation is 3. The Hall–Kier alpha value is -1.13. The van der Waals surface area contributed by atoms with Crippen molar-refractivity contribution in [3.05, 3.63) is 33.6 Å². The number of nitrogens with two attached hydrogens (primary N) is 1. The van der Waals surface area contributed by atoms with Crippen molar-refractivity contribution >= 4 is 11.3 Å². The van der Waals surface area contributed by atoms with Gasteiger partial charge in [0, 0.05) is 22.3 Å². The van der Waals surface area contributed by atoms with Crippen LogP contribution in [0.5, 0.6) is 0 Å². The van der Waals surface area contributed by atoms with Gasteiger partial charge in [-0.05, 0) is 50.7 Å². The minimum absolute atomic E-state index is 0.149. The van der Waals surface area contributed by atoms with Gasteiger partial charge in [0.05, 0.1) is 5.69 Å². The Balaban J connectivity index is 2.18. The van der Waals surface area contributed by atoms with Gasteiger partial charge in [0.2, 0.25) is 0 Å². The second-order valence-corrected chi connectivity index (χ2v) is 7.99. The minimum atomic E-state index is 0.149. The van der Waals surface area contributed by atoms with Gasteiger partial charge in [-0.2, -0.15) is 0 Å². The van der Waals surface area contributed by atoms with E-state index in [2.05, 4.69) is 45.3 Å². The summed E-state index contributed by atoms with van der Waals surface area (Å²) in [5.41, 5.74) is 11.7. The summed E-state index contributed by atoms with van der Waals surface area (Å²) in [5.74, 6) is 0. The van der Waals surface area contributed by atoms with E-state index in [0.29, 0.717) is 0 Å². The van der Waals surface area contributed by atoms with Crippen molar-refractivity contribution in [2.45, 2.75) is 53.5 Å². The monoisotopic (exact) mass is 289 g/mol. The first kappa shape index (κ1) is 13.8. The van der Waals surface area contributed by atoms with Crippen LogP contribution in [0, 0.1) is 26.2 Å². The molecule has 3 nitrogen and oxygen atoms in total. The Bertz CT molecular complexity index is 644. The molecule has 2 heterocycles. The molecule has 0 amide bonds. The van der Waals surface area contributed by atoms with Crippen LogP contribution in [0.1, 0.15) is 53.8 Å². The molecule has 0 radical (unpaired) electrons. The molecule has 0 saturated carbocycles. The van der Waals surface area contributed by atoms with Crippen LogP contribution in [0.15, 0.2) is 6.07 Å². The molecule has 1 atom stereocenters. The van der Waals surface area contributed by atoms with Gasteiger partial charge in [-0.3, -0.25) is 4.57 Å². The number of thiazole rings is 1. The van der Waals surface area contributed by atoms with Crippen molar-refractivity contribution < 1.29 is 0 Å². The van der Waals surface area contributed by atoms with Gasteiger partial charge in [-0.15, -0.1) is 11.3 Å². The lowest BCUT2D eigenvalue weighted by Crippen LogP contribution is -2.30. The molecule has 3 rings (SSSR count). The summed E-state index contributed by atoms with van der Waals surface area (Å²) in [6.07, 6.45) is 2.13. The van der Waals surface area contributed by atoms with Gasteiger partial charge >= 0.3 is 0 Å². The summed E-state index contributed by atoms with van der Waals surface area (Å²) >= 11 is 1.77. The Morgan fingerprint density at radius 3 is 2.65 bits per heavy atom. The number of aromatic nitrogens is 2. The van der Waals surface area contributed by atoms with Gasteiger partial charge < -0.3 is 5.73 Å². The summed E-state index contributed by atoms with van der Waals surface area (Å²) in [6, 6.07) is 2.40. The predicted molar refractivity (Wildman–Crippen MR) is 84.7 cm³/mol. The van der Waals surface area contributed by atoms with E-state index in [0.717, 1.165) is 23.7 Å². The van der Waals surface area contributed by atoms with Crippen LogP contribution in [0.4, 0.5) is 0 Å². The molecule has 0 spiro atoms. The van der Waals surface area contributed by atoms with Gasteiger partial charge in [-0.1, -0.05) is 13.8 Å². The molecule has 1 unspecified atom stereocenters.